The molecule has 0 aromatic heterocycles. The summed E-state index contributed by atoms with van der Waals surface area (Å²) in [6.07, 6.45) is 0. The van der Waals surface area contributed by atoms with Crippen LogP contribution in [-0.2, 0) is 0 Å². The Bertz CT molecular complexity index is 9.61. The van der Waals surface area contributed by atoms with Crippen LogP contribution in [0.3, 0.4) is 0 Å². The van der Waals surface area contributed by atoms with Crippen LogP contribution in [0.15, 0.2) is 0 Å². The molecular formula is C2H7Cl2N. The summed E-state index contributed by atoms with van der Waals surface area (Å²) in [7, 11) is 0. The van der Waals surface area contributed by atoms with E-state index < -0.39 is 0 Å². The molecule has 0 aromatic carbocycles. The third-order valence-electron chi connectivity index (χ3n) is 0.0714. The van der Waals surface area contributed by atoms with Crippen LogP contribution in [-0.4, -0.2) is 11.8 Å². The number of rotatable bonds is 1. The fourth-order valence-electron chi connectivity index (χ4n) is 0. The van der Waals surface area contributed by atoms with Crippen molar-refractivity contribution in [2.24, 2.45) is 0 Å². The minimum Gasteiger partial charge on any atom is -0.344 e. The highest BCUT2D eigenvalue weighted by Crippen LogP contribution is 1.75. The van der Waals surface area contributed by atoms with Crippen molar-refractivity contribution in [1.29, 1.82) is 0 Å². The van der Waals surface area contributed by atoms with E-state index >= 15 is 0 Å². The summed E-state index contributed by atoms with van der Waals surface area (Å²) in [5, 5.41) is 0. The molecule has 34 valence electrons. The zero-order chi connectivity index (χ0) is 3.41. The van der Waals surface area contributed by atoms with Gasteiger partial charge in [-0.1, -0.05) is 0 Å². The Morgan fingerprint density at radius 2 is 1.20 bits per heavy atom. The van der Waals surface area contributed by atoms with Crippen LogP contribution in [0.4, 0.5) is 0 Å². The van der Waals surface area contributed by atoms with Crippen molar-refractivity contribution >= 4 is 23.2 Å². The largest absolute Gasteiger partial charge is 0.344 e. The minimum absolute atomic E-state index is 0. The van der Waals surface area contributed by atoms with Gasteiger partial charge in [-0.2, -0.15) is 0 Å². The SMILES string of the molecule is ClCCCl.N. The third kappa shape index (κ3) is 12.4. The lowest BCUT2D eigenvalue weighted by Gasteiger charge is -1.63. The van der Waals surface area contributed by atoms with Gasteiger partial charge in [-0.05, 0) is 0 Å². The van der Waals surface area contributed by atoms with E-state index in [0.29, 0.717) is 11.8 Å². The van der Waals surface area contributed by atoms with Crippen LogP contribution in [0.25, 0.3) is 0 Å². The fraction of sp³-hybridized carbons (Fsp3) is 1.00. The van der Waals surface area contributed by atoms with E-state index in [2.05, 4.69) is 0 Å². The summed E-state index contributed by atoms with van der Waals surface area (Å²) in [5.41, 5.74) is 0. The lowest BCUT2D eigenvalue weighted by atomic mass is 11.0. The van der Waals surface area contributed by atoms with Gasteiger partial charge in [-0.3, -0.25) is 0 Å². The molecule has 0 heterocycles. The molecule has 1 nitrogen and oxygen atoms in total. The predicted octanol–water partition coefficient (Wildman–Crippen LogP) is 1.63. The van der Waals surface area contributed by atoms with Gasteiger partial charge in [-0.15, -0.1) is 23.2 Å². The van der Waals surface area contributed by atoms with Gasteiger partial charge in [0.2, 0.25) is 0 Å². The average molecular weight is 116 g/mol. The molecule has 3 N–H and O–H groups in total. The fourth-order valence-corrected chi connectivity index (χ4v) is 0. The second-order valence-corrected chi connectivity index (χ2v) is 1.13. The van der Waals surface area contributed by atoms with Crippen LogP contribution in [0.5, 0.6) is 0 Å². The first kappa shape index (κ1) is 9.11. The smallest absolute Gasteiger partial charge is 0.0359 e. The van der Waals surface area contributed by atoms with Gasteiger partial charge in [0.15, 0.2) is 0 Å². The van der Waals surface area contributed by atoms with E-state index in [1.807, 2.05) is 0 Å². The number of hydrogen-bond donors (Lipinski definition) is 1. The summed E-state index contributed by atoms with van der Waals surface area (Å²) in [6, 6.07) is 0. The van der Waals surface area contributed by atoms with Crippen LogP contribution in [0, 0.1) is 0 Å². The molecule has 0 unspecified atom stereocenters. The van der Waals surface area contributed by atoms with Crippen molar-refractivity contribution in [2.45, 2.75) is 0 Å². The van der Waals surface area contributed by atoms with E-state index in [9.17, 15) is 0 Å². The second-order valence-electron chi connectivity index (χ2n) is 0.378. The Kier molecular flexibility index (Phi) is 16.1. The molecule has 0 bridgehead atoms. The van der Waals surface area contributed by atoms with Crippen LogP contribution >= 0.6 is 23.2 Å². The van der Waals surface area contributed by atoms with Gasteiger partial charge in [0.1, 0.15) is 0 Å². The molecule has 3 heteroatoms. The Morgan fingerprint density at radius 1 is 1.00 bits per heavy atom. The Balaban J connectivity index is 0. The second kappa shape index (κ2) is 8.82. The molecule has 0 aromatic rings. The molecule has 0 amide bonds. The number of hydrogen-bond acceptors (Lipinski definition) is 1. The van der Waals surface area contributed by atoms with Gasteiger partial charge in [0.05, 0.1) is 0 Å². The van der Waals surface area contributed by atoms with Gasteiger partial charge < -0.3 is 6.15 Å². The maximum atomic E-state index is 5.05. The highest BCUT2D eigenvalue weighted by molar-refractivity contribution is 6.25. The molecule has 5 heavy (non-hydrogen) atoms. The molecular weight excluding hydrogens is 109 g/mol. The lowest BCUT2D eigenvalue weighted by molar-refractivity contribution is 1.52. The highest BCUT2D eigenvalue weighted by atomic mass is 35.5. The molecule has 0 radical (unpaired) electrons. The normalized spacial score (nSPS) is 6.00. The Labute approximate surface area is 41.8 Å². The van der Waals surface area contributed by atoms with Crippen LogP contribution < -0.4 is 6.15 Å². The van der Waals surface area contributed by atoms with Gasteiger partial charge in [0, 0.05) is 11.8 Å². The van der Waals surface area contributed by atoms with Gasteiger partial charge in [0.25, 0.3) is 0 Å². The topological polar surface area (TPSA) is 35.0 Å². The van der Waals surface area contributed by atoms with E-state index in [-0.39, 0.29) is 6.15 Å². The highest BCUT2D eigenvalue weighted by Gasteiger charge is 1.61. The first-order valence-corrected chi connectivity index (χ1v) is 2.10. The Hall–Kier alpha value is 0.540. The maximum absolute atomic E-state index is 5.05. The monoisotopic (exact) mass is 115 g/mol. The van der Waals surface area contributed by atoms with Gasteiger partial charge >= 0.3 is 0 Å². The predicted molar refractivity (Wildman–Crippen MR) is 26.5 cm³/mol. The minimum atomic E-state index is 0. The number of alkyl halides is 2. The third-order valence-corrected chi connectivity index (χ3v) is 0.643. The van der Waals surface area contributed by atoms with Crippen LogP contribution in [0.1, 0.15) is 0 Å². The van der Waals surface area contributed by atoms with E-state index in [4.69, 9.17) is 23.2 Å². The molecule has 0 aliphatic rings. The van der Waals surface area contributed by atoms with Crippen molar-refractivity contribution in [1.82, 2.24) is 6.15 Å². The first-order valence-electron chi connectivity index (χ1n) is 1.03. The number of halogens is 2. The van der Waals surface area contributed by atoms with Crippen molar-refractivity contribution in [3.63, 3.8) is 0 Å². The van der Waals surface area contributed by atoms with Crippen molar-refractivity contribution in [3.8, 4) is 0 Å². The lowest BCUT2D eigenvalue weighted by Crippen LogP contribution is -1.63. The van der Waals surface area contributed by atoms with Crippen LogP contribution in [0.2, 0.25) is 0 Å². The van der Waals surface area contributed by atoms with Gasteiger partial charge in [-0.25, -0.2) is 0 Å². The van der Waals surface area contributed by atoms with E-state index in [1.165, 1.54) is 0 Å². The molecule has 0 atom stereocenters. The summed E-state index contributed by atoms with van der Waals surface area (Å²) in [6.45, 7) is 0. The summed E-state index contributed by atoms with van der Waals surface area (Å²) in [4.78, 5) is 0. The molecule has 0 saturated heterocycles. The molecule has 0 saturated carbocycles. The van der Waals surface area contributed by atoms with Crippen molar-refractivity contribution in [3.05, 3.63) is 0 Å². The van der Waals surface area contributed by atoms with Crippen molar-refractivity contribution in [2.75, 3.05) is 11.8 Å². The molecule has 0 aliphatic heterocycles. The van der Waals surface area contributed by atoms with Crippen molar-refractivity contribution < 1.29 is 0 Å². The Morgan fingerprint density at radius 3 is 1.20 bits per heavy atom. The zero-order valence-electron chi connectivity index (χ0n) is 2.88. The quantitative estimate of drug-likeness (QED) is 0.519. The molecule has 0 aliphatic carbocycles. The zero-order valence-corrected chi connectivity index (χ0v) is 4.39. The van der Waals surface area contributed by atoms with E-state index in [1.54, 1.807) is 0 Å². The standard InChI is InChI=1S/C2H4Cl2.H3N/c3-1-2-4;/h1-2H2;1H3. The summed E-state index contributed by atoms with van der Waals surface area (Å²) in [5.74, 6) is 1.11. The average Bonchev–Trinajstić information content (AvgIpc) is 1.37. The molecule has 0 spiro atoms. The molecule has 0 rings (SSSR count). The summed E-state index contributed by atoms with van der Waals surface area (Å²) >= 11 is 10.1. The summed E-state index contributed by atoms with van der Waals surface area (Å²) < 4.78 is 0. The maximum Gasteiger partial charge on any atom is 0.0359 e. The first-order chi connectivity index (χ1) is 1.91. The molecule has 0 fully saturated rings. The van der Waals surface area contributed by atoms with E-state index in [0.717, 1.165) is 0 Å².